The first-order chi connectivity index (χ1) is 13.6. The number of rotatable bonds is 1. The van der Waals surface area contributed by atoms with E-state index in [-0.39, 0.29) is 35.6 Å². The zero-order valence-corrected chi connectivity index (χ0v) is 17.4. The Hall–Kier alpha value is -1.69. The largest absolute Gasteiger partial charge is 0.462 e. The van der Waals surface area contributed by atoms with E-state index < -0.39 is 28.5 Å². The lowest BCUT2D eigenvalue weighted by atomic mass is 9.43. The molecule has 1 heterocycles. The molecule has 0 aromatic heterocycles. The van der Waals surface area contributed by atoms with Crippen molar-refractivity contribution in [1.82, 2.24) is 0 Å². The Labute approximate surface area is 171 Å². The average Bonchev–Trinajstić information content (AvgIpc) is 3.13. The van der Waals surface area contributed by atoms with Gasteiger partial charge in [-0.2, -0.15) is 0 Å². The Kier molecular flexibility index (Phi) is 3.94. The Morgan fingerprint density at radius 1 is 1.17 bits per heavy atom. The SMILES string of the molecule is CC(=O)OC1CC23C(=O)OC(C)C2CCC3C2CCC3=CC(=O)CCC3(C)C12O. The fourth-order valence-corrected chi connectivity index (χ4v) is 8.01. The van der Waals surface area contributed by atoms with E-state index in [1.165, 1.54) is 6.92 Å². The molecule has 0 aromatic rings. The summed E-state index contributed by atoms with van der Waals surface area (Å²) in [6, 6.07) is 0. The smallest absolute Gasteiger partial charge is 0.313 e. The van der Waals surface area contributed by atoms with Crippen LogP contribution in [0.4, 0.5) is 0 Å². The van der Waals surface area contributed by atoms with E-state index in [4.69, 9.17) is 9.47 Å². The topological polar surface area (TPSA) is 89.9 Å². The van der Waals surface area contributed by atoms with Crippen LogP contribution in [0.15, 0.2) is 11.6 Å². The summed E-state index contributed by atoms with van der Waals surface area (Å²) < 4.78 is 11.5. The van der Waals surface area contributed by atoms with Crippen LogP contribution in [0, 0.1) is 28.6 Å². The average molecular weight is 402 g/mol. The lowest BCUT2D eigenvalue weighted by Gasteiger charge is -2.63. The van der Waals surface area contributed by atoms with Crippen LogP contribution < -0.4 is 0 Å². The van der Waals surface area contributed by atoms with Crippen molar-refractivity contribution in [2.75, 3.05) is 0 Å². The van der Waals surface area contributed by atoms with Crippen molar-refractivity contribution in [2.45, 2.75) is 83.5 Å². The summed E-state index contributed by atoms with van der Waals surface area (Å²) in [6.45, 7) is 5.33. The van der Waals surface area contributed by atoms with Gasteiger partial charge in [-0.15, -0.1) is 0 Å². The highest BCUT2D eigenvalue weighted by Gasteiger charge is 2.76. The Morgan fingerprint density at radius 2 is 1.90 bits per heavy atom. The van der Waals surface area contributed by atoms with E-state index in [1.54, 1.807) is 6.08 Å². The van der Waals surface area contributed by atoms with Gasteiger partial charge in [0.05, 0.1) is 5.41 Å². The molecule has 0 bridgehead atoms. The van der Waals surface area contributed by atoms with E-state index in [1.807, 2.05) is 13.8 Å². The third-order valence-electron chi connectivity index (χ3n) is 9.25. The lowest BCUT2D eigenvalue weighted by molar-refractivity contribution is -0.254. The molecule has 1 aliphatic heterocycles. The van der Waals surface area contributed by atoms with Crippen molar-refractivity contribution in [3.8, 4) is 0 Å². The molecular weight excluding hydrogens is 372 g/mol. The molecule has 0 aromatic carbocycles. The third-order valence-corrected chi connectivity index (χ3v) is 9.25. The first-order valence-corrected chi connectivity index (χ1v) is 11.0. The highest BCUT2D eigenvalue weighted by atomic mass is 16.6. The molecule has 8 unspecified atom stereocenters. The number of ether oxygens (including phenoxy) is 2. The van der Waals surface area contributed by atoms with Gasteiger partial charge in [0.1, 0.15) is 17.8 Å². The number of cyclic esters (lactones) is 1. The van der Waals surface area contributed by atoms with Crippen molar-refractivity contribution in [3.63, 3.8) is 0 Å². The van der Waals surface area contributed by atoms with Gasteiger partial charge in [-0.1, -0.05) is 12.5 Å². The molecule has 4 aliphatic carbocycles. The summed E-state index contributed by atoms with van der Waals surface area (Å²) in [4.78, 5) is 37.3. The van der Waals surface area contributed by atoms with E-state index in [0.717, 1.165) is 24.8 Å². The minimum atomic E-state index is -1.28. The quantitative estimate of drug-likeness (QED) is 0.679. The number of carbonyl (C=O) groups is 3. The second kappa shape index (κ2) is 5.93. The van der Waals surface area contributed by atoms with Crippen molar-refractivity contribution in [2.24, 2.45) is 28.6 Å². The molecule has 8 atom stereocenters. The van der Waals surface area contributed by atoms with Crippen molar-refractivity contribution >= 4 is 17.7 Å². The summed E-state index contributed by atoms with van der Waals surface area (Å²) in [5.41, 5.74) is -1.60. The van der Waals surface area contributed by atoms with Crippen LogP contribution in [-0.2, 0) is 23.9 Å². The van der Waals surface area contributed by atoms with Crippen LogP contribution in [0.3, 0.4) is 0 Å². The highest BCUT2D eigenvalue weighted by molar-refractivity contribution is 5.92. The van der Waals surface area contributed by atoms with Gasteiger partial charge in [-0.25, -0.2) is 0 Å². The fourth-order valence-electron chi connectivity index (χ4n) is 8.01. The number of esters is 2. The molecule has 3 saturated carbocycles. The molecule has 1 saturated heterocycles. The summed E-state index contributed by atoms with van der Waals surface area (Å²) in [5, 5.41) is 12.4. The van der Waals surface area contributed by atoms with Crippen molar-refractivity contribution in [3.05, 3.63) is 11.6 Å². The maximum atomic E-state index is 13.1. The van der Waals surface area contributed by atoms with E-state index in [2.05, 4.69) is 0 Å². The van der Waals surface area contributed by atoms with Gasteiger partial charge in [-0.3, -0.25) is 14.4 Å². The second-order valence-corrected chi connectivity index (χ2v) is 10.2. The summed E-state index contributed by atoms with van der Waals surface area (Å²) in [7, 11) is 0. The maximum Gasteiger partial charge on any atom is 0.313 e. The fraction of sp³-hybridized carbons (Fsp3) is 0.783. The molecule has 158 valence electrons. The summed E-state index contributed by atoms with van der Waals surface area (Å²) >= 11 is 0. The molecule has 6 nitrogen and oxygen atoms in total. The van der Waals surface area contributed by atoms with E-state index >= 15 is 0 Å². The first-order valence-electron chi connectivity index (χ1n) is 11.0. The highest BCUT2D eigenvalue weighted by Crippen LogP contribution is 2.70. The molecule has 6 heteroatoms. The number of aliphatic hydroxyl groups is 1. The van der Waals surface area contributed by atoms with E-state index in [0.29, 0.717) is 25.7 Å². The Balaban J connectivity index is 1.66. The zero-order valence-electron chi connectivity index (χ0n) is 17.4. The minimum absolute atomic E-state index is 0.0257. The van der Waals surface area contributed by atoms with Gasteiger partial charge in [0.25, 0.3) is 0 Å². The number of ketones is 1. The summed E-state index contributed by atoms with van der Waals surface area (Å²) in [6.07, 6.45) is 5.26. The molecule has 0 amide bonds. The van der Waals surface area contributed by atoms with Crippen molar-refractivity contribution < 1.29 is 29.0 Å². The predicted octanol–water partition coefficient (Wildman–Crippen LogP) is 2.72. The number of hydrogen-bond donors (Lipinski definition) is 1. The number of fused-ring (bicyclic) bond motifs is 4. The molecule has 1 spiro atoms. The van der Waals surface area contributed by atoms with Crippen LogP contribution in [0.5, 0.6) is 0 Å². The normalized spacial score (nSPS) is 50.6. The van der Waals surface area contributed by atoms with Crippen LogP contribution in [0.25, 0.3) is 0 Å². The van der Waals surface area contributed by atoms with Gasteiger partial charge >= 0.3 is 11.9 Å². The lowest BCUT2D eigenvalue weighted by Crippen LogP contribution is -2.71. The molecule has 5 rings (SSSR count). The molecule has 0 radical (unpaired) electrons. The van der Waals surface area contributed by atoms with Gasteiger partial charge in [0, 0.05) is 31.1 Å². The third kappa shape index (κ3) is 2.19. The van der Waals surface area contributed by atoms with Crippen molar-refractivity contribution in [1.29, 1.82) is 0 Å². The molecule has 1 N–H and O–H groups in total. The predicted molar refractivity (Wildman–Crippen MR) is 102 cm³/mol. The monoisotopic (exact) mass is 402 g/mol. The van der Waals surface area contributed by atoms with Gasteiger partial charge in [0.2, 0.25) is 0 Å². The molecule has 5 aliphatic rings. The van der Waals surface area contributed by atoms with Gasteiger partial charge in [-0.05, 0) is 56.9 Å². The van der Waals surface area contributed by atoms with Crippen LogP contribution in [0.2, 0.25) is 0 Å². The zero-order chi connectivity index (χ0) is 20.8. The molecule has 4 fully saturated rings. The maximum absolute atomic E-state index is 13.1. The minimum Gasteiger partial charge on any atom is -0.462 e. The first kappa shape index (κ1) is 19.3. The van der Waals surface area contributed by atoms with Crippen LogP contribution in [-0.4, -0.2) is 40.6 Å². The number of carbonyl (C=O) groups excluding carboxylic acids is 3. The second-order valence-electron chi connectivity index (χ2n) is 10.2. The van der Waals surface area contributed by atoms with Gasteiger partial charge < -0.3 is 14.6 Å². The molecular formula is C23H30O6. The van der Waals surface area contributed by atoms with Crippen LogP contribution in [0.1, 0.15) is 65.7 Å². The van der Waals surface area contributed by atoms with Gasteiger partial charge in [0.15, 0.2) is 5.78 Å². The summed E-state index contributed by atoms with van der Waals surface area (Å²) in [5.74, 6) is -0.540. The Morgan fingerprint density at radius 3 is 2.62 bits per heavy atom. The Bertz CT molecular complexity index is 831. The number of hydrogen-bond acceptors (Lipinski definition) is 6. The molecule has 29 heavy (non-hydrogen) atoms. The standard InChI is InChI=1S/C23H30O6/c1-12-16-6-7-17-18-5-4-14-10-15(25)8-9-21(14,3)23(18,27)19(29-13(2)24)11-22(16,17)20(26)28-12/h10,12,16-19,27H,4-9,11H2,1-3H3. The van der Waals surface area contributed by atoms with E-state index in [9.17, 15) is 19.5 Å². The van der Waals surface area contributed by atoms with Crippen LogP contribution >= 0.6 is 0 Å².